The molecule has 98 valence electrons. The van der Waals surface area contributed by atoms with Crippen LogP contribution >= 0.6 is 0 Å². The fraction of sp³-hybridized carbons (Fsp3) is 0.0667. The van der Waals surface area contributed by atoms with E-state index in [4.69, 9.17) is 5.26 Å². The monoisotopic (exact) mass is 269 g/mol. The van der Waals surface area contributed by atoms with E-state index in [0.29, 0.717) is 16.9 Å². The predicted octanol–water partition coefficient (Wildman–Crippen LogP) is 3.48. The fourth-order valence-electron chi connectivity index (χ4n) is 2.27. The lowest BCUT2D eigenvalue weighted by Crippen LogP contribution is -2.04. The van der Waals surface area contributed by atoms with Gasteiger partial charge in [-0.05, 0) is 31.2 Å². The summed E-state index contributed by atoms with van der Waals surface area (Å²) < 4.78 is 29.7. The van der Waals surface area contributed by atoms with Gasteiger partial charge in [-0.25, -0.2) is 13.8 Å². The smallest absolute Gasteiger partial charge is 0.151 e. The lowest BCUT2D eigenvalue weighted by atomic mass is 10.2. The van der Waals surface area contributed by atoms with E-state index in [-0.39, 0.29) is 11.3 Å². The highest BCUT2D eigenvalue weighted by Crippen LogP contribution is 2.26. The van der Waals surface area contributed by atoms with Crippen LogP contribution in [0.3, 0.4) is 0 Å². The topological polar surface area (TPSA) is 41.6 Å². The lowest BCUT2D eigenvalue weighted by Gasteiger charge is -2.09. The van der Waals surface area contributed by atoms with Crippen molar-refractivity contribution in [3.05, 3.63) is 59.4 Å². The zero-order valence-corrected chi connectivity index (χ0v) is 10.6. The van der Waals surface area contributed by atoms with Gasteiger partial charge >= 0.3 is 0 Å². The van der Waals surface area contributed by atoms with Crippen LogP contribution in [-0.2, 0) is 0 Å². The molecular weight excluding hydrogens is 260 g/mol. The van der Waals surface area contributed by atoms with Crippen LogP contribution in [0.2, 0.25) is 0 Å². The Balaban J connectivity index is 2.37. The van der Waals surface area contributed by atoms with Gasteiger partial charge in [0.1, 0.15) is 11.5 Å². The van der Waals surface area contributed by atoms with Crippen LogP contribution < -0.4 is 0 Å². The predicted molar refractivity (Wildman–Crippen MR) is 70.4 cm³/mol. The van der Waals surface area contributed by atoms with Crippen molar-refractivity contribution in [2.75, 3.05) is 0 Å². The van der Waals surface area contributed by atoms with Crippen LogP contribution in [-0.4, -0.2) is 9.55 Å². The van der Waals surface area contributed by atoms with Crippen molar-refractivity contribution in [1.82, 2.24) is 9.55 Å². The number of nitriles is 1. The zero-order valence-electron chi connectivity index (χ0n) is 10.6. The molecule has 0 fully saturated rings. The molecular formula is C15H9F2N3. The first-order valence-corrected chi connectivity index (χ1v) is 5.95. The van der Waals surface area contributed by atoms with Crippen molar-refractivity contribution in [3.8, 4) is 11.8 Å². The summed E-state index contributed by atoms with van der Waals surface area (Å²) in [5.41, 5.74) is 1.02. The van der Waals surface area contributed by atoms with E-state index in [9.17, 15) is 8.78 Å². The first-order chi connectivity index (χ1) is 9.61. The standard InChI is InChI=1S/C15H9F2N3/c1-9-19-13-4-2-3-5-14(13)20(9)15-11(16)6-10(8-18)7-12(15)17/h2-7H,1H3. The second kappa shape index (κ2) is 4.42. The van der Waals surface area contributed by atoms with Gasteiger partial charge in [0.2, 0.25) is 0 Å². The molecule has 0 saturated carbocycles. The fourth-order valence-corrected chi connectivity index (χ4v) is 2.27. The highest BCUT2D eigenvalue weighted by atomic mass is 19.1. The summed E-state index contributed by atoms with van der Waals surface area (Å²) in [6.45, 7) is 1.68. The molecule has 0 radical (unpaired) electrons. The molecule has 3 rings (SSSR count). The number of hydrogen-bond donors (Lipinski definition) is 0. The minimum Gasteiger partial charge on any atom is -0.291 e. The second-order valence-electron chi connectivity index (χ2n) is 4.38. The Morgan fingerprint density at radius 3 is 2.45 bits per heavy atom. The SMILES string of the molecule is Cc1nc2ccccc2n1-c1c(F)cc(C#N)cc1F. The molecule has 3 aromatic rings. The van der Waals surface area contributed by atoms with Gasteiger partial charge in [-0.1, -0.05) is 12.1 Å². The summed E-state index contributed by atoms with van der Waals surface area (Å²) in [6.07, 6.45) is 0. The number of halogens is 2. The van der Waals surface area contributed by atoms with Crippen LogP contribution in [0.4, 0.5) is 8.78 Å². The van der Waals surface area contributed by atoms with Crippen LogP contribution in [0, 0.1) is 29.9 Å². The highest BCUT2D eigenvalue weighted by molar-refractivity contribution is 5.78. The van der Waals surface area contributed by atoms with E-state index in [1.54, 1.807) is 31.2 Å². The summed E-state index contributed by atoms with van der Waals surface area (Å²) in [5, 5.41) is 8.73. The van der Waals surface area contributed by atoms with Crippen molar-refractivity contribution >= 4 is 11.0 Å². The maximum absolute atomic E-state index is 14.1. The number of fused-ring (bicyclic) bond motifs is 1. The Bertz CT molecular complexity index is 836. The summed E-state index contributed by atoms with van der Waals surface area (Å²) in [4.78, 5) is 4.28. The van der Waals surface area contributed by atoms with Gasteiger partial charge in [0.05, 0.1) is 22.7 Å². The molecule has 0 amide bonds. The average Bonchev–Trinajstić information content (AvgIpc) is 2.75. The third-order valence-corrected chi connectivity index (χ3v) is 3.10. The first kappa shape index (κ1) is 12.3. The van der Waals surface area contributed by atoms with E-state index in [2.05, 4.69) is 4.98 Å². The van der Waals surface area contributed by atoms with Crippen LogP contribution in [0.1, 0.15) is 11.4 Å². The van der Waals surface area contributed by atoms with Gasteiger partial charge in [0, 0.05) is 0 Å². The van der Waals surface area contributed by atoms with Gasteiger partial charge in [0.15, 0.2) is 11.6 Å². The van der Waals surface area contributed by atoms with Crippen molar-refractivity contribution in [3.63, 3.8) is 0 Å². The van der Waals surface area contributed by atoms with Gasteiger partial charge in [0.25, 0.3) is 0 Å². The Morgan fingerprint density at radius 1 is 1.15 bits per heavy atom. The van der Waals surface area contributed by atoms with Crippen molar-refractivity contribution < 1.29 is 8.78 Å². The normalized spacial score (nSPS) is 10.7. The number of benzene rings is 2. The number of imidazole rings is 1. The number of aryl methyl sites for hydroxylation is 1. The molecule has 0 aliphatic carbocycles. The lowest BCUT2D eigenvalue weighted by molar-refractivity contribution is 0.568. The number of aromatic nitrogens is 2. The molecule has 1 aromatic heterocycles. The molecule has 0 aliphatic rings. The van der Waals surface area contributed by atoms with Gasteiger partial charge in [-0.15, -0.1) is 0 Å². The number of hydrogen-bond acceptors (Lipinski definition) is 2. The molecule has 0 bridgehead atoms. The molecule has 0 unspecified atom stereocenters. The van der Waals surface area contributed by atoms with Crippen molar-refractivity contribution in [2.24, 2.45) is 0 Å². The van der Waals surface area contributed by atoms with E-state index >= 15 is 0 Å². The van der Waals surface area contributed by atoms with Gasteiger partial charge < -0.3 is 0 Å². The summed E-state index contributed by atoms with van der Waals surface area (Å²) >= 11 is 0. The van der Waals surface area contributed by atoms with Crippen LogP contribution in [0.15, 0.2) is 36.4 Å². The molecule has 5 heteroatoms. The zero-order chi connectivity index (χ0) is 14.3. The summed E-state index contributed by atoms with van der Waals surface area (Å²) in [6, 6.07) is 10.9. The average molecular weight is 269 g/mol. The largest absolute Gasteiger partial charge is 0.291 e. The maximum Gasteiger partial charge on any atom is 0.151 e. The molecule has 1 heterocycles. The second-order valence-corrected chi connectivity index (χ2v) is 4.38. The van der Waals surface area contributed by atoms with Crippen molar-refractivity contribution in [1.29, 1.82) is 5.26 Å². The third kappa shape index (κ3) is 1.74. The Hall–Kier alpha value is -2.74. The molecule has 20 heavy (non-hydrogen) atoms. The summed E-state index contributed by atoms with van der Waals surface area (Å²) in [5.74, 6) is -1.09. The first-order valence-electron chi connectivity index (χ1n) is 5.95. The van der Waals surface area contributed by atoms with E-state index in [0.717, 1.165) is 12.1 Å². The molecule has 0 spiro atoms. The van der Waals surface area contributed by atoms with Crippen LogP contribution in [0.25, 0.3) is 16.7 Å². The van der Waals surface area contributed by atoms with E-state index < -0.39 is 11.6 Å². The Morgan fingerprint density at radius 2 is 1.80 bits per heavy atom. The molecule has 3 nitrogen and oxygen atoms in total. The molecule has 0 aliphatic heterocycles. The highest BCUT2D eigenvalue weighted by Gasteiger charge is 2.17. The molecule has 0 saturated heterocycles. The van der Waals surface area contributed by atoms with Gasteiger partial charge in [-0.2, -0.15) is 5.26 Å². The quantitative estimate of drug-likeness (QED) is 0.678. The summed E-state index contributed by atoms with van der Waals surface area (Å²) in [7, 11) is 0. The molecule has 0 atom stereocenters. The minimum absolute atomic E-state index is 0.0502. The minimum atomic E-state index is -0.784. The van der Waals surface area contributed by atoms with E-state index in [1.165, 1.54) is 4.57 Å². The maximum atomic E-state index is 14.1. The number of rotatable bonds is 1. The Kier molecular flexibility index (Phi) is 2.72. The third-order valence-electron chi connectivity index (χ3n) is 3.10. The van der Waals surface area contributed by atoms with Gasteiger partial charge in [-0.3, -0.25) is 4.57 Å². The number of nitrogens with zero attached hydrogens (tertiary/aromatic N) is 3. The van der Waals surface area contributed by atoms with Crippen molar-refractivity contribution in [2.45, 2.75) is 6.92 Å². The Labute approximate surface area is 113 Å². The van der Waals surface area contributed by atoms with E-state index in [1.807, 2.05) is 6.07 Å². The molecule has 2 aromatic carbocycles. The molecule has 0 N–H and O–H groups in total. The number of para-hydroxylation sites is 2. The van der Waals surface area contributed by atoms with Crippen LogP contribution in [0.5, 0.6) is 0 Å².